The summed E-state index contributed by atoms with van der Waals surface area (Å²) in [4.78, 5) is 0. The molecule has 0 aliphatic carbocycles. The molecule has 50 valence electrons. The molecule has 0 saturated carbocycles. The molecule has 0 spiro atoms. The predicted octanol–water partition coefficient (Wildman–Crippen LogP) is 0.926. The molecule has 2 nitrogen and oxygen atoms in total. The Balaban J connectivity index is 3.71. The van der Waals surface area contributed by atoms with Crippen LogP contribution in [0.15, 0.2) is 0 Å². The zero-order chi connectivity index (χ0) is 6.78. The Kier molecular flexibility index (Phi) is 4.13. The molecule has 0 heterocycles. The van der Waals surface area contributed by atoms with E-state index in [1.165, 1.54) is 0 Å². The van der Waals surface area contributed by atoms with Crippen molar-refractivity contribution in [3.05, 3.63) is 0 Å². The minimum Gasteiger partial charge on any atom is -0.394 e. The summed E-state index contributed by atoms with van der Waals surface area (Å²) in [6, 6.07) is 0. The van der Waals surface area contributed by atoms with Crippen molar-refractivity contribution in [3.63, 3.8) is 0 Å². The fraction of sp³-hybridized carbons (Fsp3) is 1.00. The molecule has 4 heteroatoms. The van der Waals surface area contributed by atoms with Crippen LogP contribution < -0.4 is 0 Å². The van der Waals surface area contributed by atoms with Gasteiger partial charge < -0.3 is 10.2 Å². The number of aliphatic hydroxyl groups is 2. The van der Waals surface area contributed by atoms with Crippen molar-refractivity contribution >= 4 is 45.2 Å². The highest BCUT2D eigenvalue weighted by Gasteiger charge is 2.26. The lowest BCUT2D eigenvalue weighted by atomic mass is 10.3. The highest BCUT2D eigenvalue weighted by Crippen LogP contribution is 2.30. The summed E-state index contributed by atoms with van der Waals surface area (Å²) in [6.07, 6.45) is -0.464. The Morgan fingerprint density at radius 2 is 2.00 bits per heavy atom. The molecule has 0 fully saturated rings. The average Bonchev–Trinajstić information content (AvgIpc) is 1.67. The third-order valence-corrected chi connectivity index (χ3v) is 3.31. The number of halogens is 2. The van der Waals surface area contributed by atoms with Gasteiger partial charge in [-0.1, -0.05) is 45.2 Å². The van der Waals surface area contributed by atoms with E-state index in [4.69, 9.17) is 10.2 Å². The van der Waals surface area contributed by atoms with Gasteiger partial charge in [0.05, 0.1) is 12.7 Å². The van der Waals surface area contributed by atoms with Gasteiger partial charge in [-0.15, -0.1) is 0 Å². The summed E-state index contributed by atoms with van der Waals surface area (Å²) in [5.74, 6) is 0. The molecule has 0 aliphatic heterocycles. The lowest BCUT2D eigenvalue weighted by Crippen LogP contribution is -2.30. The summed E-state index contributed by atoms with van der Waals surface area (Å²) in [5, 5.41) is 17.5. The second-order valence-corrected chi connectivity index (χ2v) is 7.51. The van der Waals surface area contributed by atoms with E-state index in [0.29, 0.717) is 0 Å². The second-order valence-electron chi connectivity index (χ2n) is 1.60. The van der Waals surface area contributed by atoms with Crippen molar-refractivity contribution in [1.82, 2.24) is 0 Å². The zero-order valence-electron chi connectivity index (χ0n) is 4.43. The van der Waals surface area contributed by atoms with Gasteiger partial charge in [0.1, 0.15) is 1.43 Å². The largest absolute Gasteiger partial charge is 0.394 e. The molecule has 0 radical (unpaired) electrons. The maximum Gasteiger partial charge on any atom is 0.122 e. The van der Waals surface area contributed by atoms with Crippen LogP contribution in [0.1, 0.15) is 6.92 Å². The van der Waals surface area contributed by atoms with Gasteiger partial charge in [0.25, 0.3) is 0 Å². The van der Waals surface area contributed by atoms with E-state index in [1.54, 1.807) is 6.92 Å². The second kappa shape index (κ2) is 3.52. The number of aliphatic hydroxyl groups excluding tert-OH is 2. The average molecular weight is 342 g/mol. The zero-order valence-corrected chi connectivity index (χ0v) is 8.75. The first kappa shape index (κ1) is 9.38. The van der Waals surface area contributed by atoms with Crippen LogP contribution in [0.2, 0.25) is 0 Å². The number of hydrogen-bond acceptors (Lipinski definition) is 2. The van der Waals surface area contributed by atoms with E-state index in [9.17, 15) is 0 Å². The van der Waals surface area contributed by atoms with Gasteiger partial charge in [-0.2, -0.15) is 0 Å². The van der Waals surface area contributed by atoms with Crippen molar-refractivity contribution in [3.8, 4) is 0 Å². The van der Waals surface area contributed by atoms with Crippen LogP contribution in [-0.4, -0.2) is 24.4 Å². The minimum absolute atomic E-state index is 0.00574. The first-order valence-electron chi connectivity index (χ1n) is 2.17. The van der Waals surface area contributed by atoms with E-state index >= 15 is 0 Å². The number of hydrogen-bond donors (Lipinski definition) is 2. The van der Waals surface area contributed by atoms with Crippen molar-refractivity contribution in [2.45, 2.75) is 14.5 Å². The lowest BCUT2D eigenvalue weighted by molar-refractivity contribution is 0.156. The van der Waals surface area contributed by atoms with Crippen LogP contribution in [-0.2, 0) is 0 Å². The first-order valence-corrected chi connectivity index (χ1v) is 4.33. The molecule has 0 aromatic carbocycles. The fourth-order valence-electron chi connectivity index (χ4n) is 0.132. The molecule has 0 rings (SSSR count). The summed E-state index contributed by atoms with van der Waals surface area (Å²) < 4.78 is -0.407. The standard InChI is InChI=1S/C4H8I2O2/c1-3(8)4(5,6)2-7/h3,7-8H,2H2,1H3. The Morgan fingerprint density at radius 1 is 1.62 bits per heavy atom. The smallest absolute Gasteiger partial charge is 0.122 e. The molecule has 0 amide bonds. The Hall–Kier alpha value is 1.38. The summed E-state index contributed by atoms with van der Waals surface area (Å²) in [6.45, 7) is 1.67. The Labute approximate surface area is 75.9 Å². The molecule has 8 heavy (non-hydrogen) atoms. The van der Waals surface area contributed by atoms with Crippen LogP contribution in [0, 0.1) is 0 Å². The summed E-state index contributed by atoms with van der Waals surface area (Å²) >= 11 is 4.03. The van der Waals surface area contributed by atoms with Gasteiger partial charge in [0.2, 0.25) is 0 Å². The molecular weight excluding hydrogens is 334 g/mol. The monoisotopic (exact) mass is 342 g/mol. The molecule has 1 atom stereocenters. The number of rotatable bonds is 2. The minimum atomic E-state index is -0.464. The van der Waals surface area contributed by atoms with Crippen LogP contribution in [0.5, 0.6) is 0 Å². The van der Waals surface area contributed by atoms with Crippen LogP contribution in [0.25, 0.3) is 0 Å². The predicted molar refractivity (Wildman–Crippen MR) is 49.5 cm³/mol. The quantitative estimate of drug-likeness (QED) is 0.579. The van der Waals surface area contributed by atoms with Crippen molar-refractivity contribution in [2.24, 2.45) is 0 Å². The van der Waals surface area contributed by atoms with Gasteiger partial charge in [-0.25, -0.2) is 0 Å². The van der Waals surface area contributed by atoms with Crippen LogP contribution >= 0.6 is 45.2 Å². The number of alkyl halides is 2. The van der Waals surface area contributed by atoms with Gasteiger partial charge in [0.15, 0.2) is 0 Å². The van der Waals surface area contributed by atoms with Crippen molar-refractivity contribution in [2.75, 3.05) is 6.61 Å². The van der Waals surface area contributed by atoms with E-state index in [0.717, 1.165) is 0 Å². The molecule has 1 unspecified atom stereocenters. The molecule has 0 bridgehead atoms. The van der Waals surface area contributed by atoms with Crippen LogP contribution in [0.4, 0.5) is 0 Å². The molecule has 0 aliphatic rings. The van der Waals surface area contributed by atoms with Crippen LogP contribution in [0.3, 0.4) is 0 Å². The van der Waals surface area contributed by atoms with Gasteiger partial charge in [-0.05, 0) is 6.92 Å². The van der Waals surface area contributed by atoms with Crippen molar-refractivity contribution in [1.29, 1.82) is 0 Å². The molecule has 2 N–H and O–H groups in total. The SMILES string of the molecule is CC(O)C(I)(I)CO. The topological polar surface area (TPSA) is 40.5 Å². The Morgan fingerprint density at radius 3 is 2.00 bits per heavy atom. The third-order valence-electron chi connectivity index (χ3n) is 0.822. The molecule has 0 aromatic heterocycles. The highest BCUT2D eigenvalue weighted by atomic mass is 127. The normalized spacial score (nSPS) is 16.1. The van der Waals surface area contributed by atoms with E-state index < -0.39 is 7.53 Å². The lowest BCUT2D eigenvalue weighted by Gasteiger charge is -2.19. The molecule has 0 aromatic rings. The van der Waals surface area contributed by atoms with Gasteiger partial charge in [-0.3, -0.25) is 0 Å². The van der Waals surface area contributed by atoms with E-state index in [2.05, 4.69) is 0 Å². The first-order chi connectivity index (χ1) is 3.50. The third kappa shape index (κ3) is 2.79. The van der Waals surface area contributed by atoms with E-state index in [-0.39, 0.29) is 6.61 Å². The molecular formula is C4H8I2O2. The maximum absolute atomic E-state index is 8.91. The maximum atomic E-state index is 8.91. The fourth-order valence-corrected chi connectivity index (χ4v) is 0.132. The summed E-state index contributed by atoms with van der Waals surface area (Å²) in [5.41, 5.74) is 0. The summed E-state index contributed by atoms with van der Waals surface area (Å²) in [7, 11) is 0. The van der Waals surface area contributed by atoms with Gasteiger partial charge >= 0.3 is 0 Å². The van der Waals surface area contributed by atoms with E-state index in [1.807, 2.05) is 45.2 Å². The van der Waals surface area contributed by atoms with Gasteiger partial charge in [0, 0.05) is 0 Å². The van der Waals surface area contributed by atoms with Crippen molar-refractivity contribution < 1.29 is 10.2 Å². The Bertz CT molecular complexity index is 72.4. The molecule has 0 saturated heterocycles. The highest BCUT2D eigenvalue weighted by molar-refractivity contribution is 14.2.